The first-order valence-electron chi connectivity index (χ1n) is 7.59. The molecule has 124 valence electrons. The summed E-state index contributed by atoms with van der Waals surface area (Å²) in [5.74, 6) is 0.203. The Bertz CT molecular complexity index is 1010. The summed E-state index contributed by atoms with van der Waals surface area (Å²) < 4.78 is 28.0. The summed E-state index contributed by atoms with van der Waals surface area (Å²) in [6.07, 6.45) is 4.36. The summed E-state index contributed by atoms with van der Waals surface area (Å²) in [4.78, 5) is 4.28. The summed E-state index contributed by atoms with van der Waals surface area (Å²) in [7, 11) is -3.23. The fraction of sp³-hybridized carbons (Fsp3) is 0.250. The standard InChI is InChI=1S/C16H16N4O2S2/c1-23-16-17-11-12-7-8-15(20(12)18-16)13-5-2-3-6-14(13)19-9-4-10-24(19,21)22/h2-3,5-8,11H,4,9-10H2,1H3. The van der Waals surface area contributed by atoms with Gasteiger partial charge in [-0.3, -0.25) is 4.31 Å². The molecule has 2 aromatic heterocycles. The van der Waals surface area contributed by atoms with E-state index in [0.29, 0.717) is 23.8 Å². The van der Waals surface area contributed by atoms with Gasteiger partial charge in [-0.15, -0.1) is 5.10 Å². The summed E-state index contributed by atoms with van der Waals surface area (Å²) in [6, 6.07) is 11.5. The Morgan fingerprint density at radius 3 is 2.75 bits per heavy atom. The van der Waals surface area contributed by atoms with Gasteiger partial charge in [0.05, 0.1) is 28.8 Å². The molecule has 1 fully saturated rings. The Balaban J connectivity index is 1.92. The van der Waals surface area contributed by atoms with E-state index in [9.17, 15) is 8.42 Å². The maximum absolute atomic E-state index is 12.3. The SMILES string of the molecule is CSc1ncc2ccc(-c3ccccc3N3CCCS3(=O)=O)n2n1. The molecule has 1 aliphatic heterocycles. The Kier molecular flexibility index (Phi) is 3.73. The molecule has 0 N–H and O–H groups in total. The molecule has 1 saturated heterocycles. The van der Waals surface area contributed by atoms with Crippen molar-refractivity contribution < 1.29 is 8.42 Å². The molecule has 0 bridgehead atoms. The number of aromatic nitrogens is 3. The van der Waals surface area contributed by atoms with Crippen LogP contribution in [0.4, 0.5) is 5.69 Å². The zero-order valence-electron chi connectivity index (χ0n) is 13.1. The second kappa shape index (κ2) is 5.78. The number of rotatable bonds is 3. The predicted octanol–water partition coefficient (Wildman–Crippen LogP) is 2.66. The number of fused-ring (bicyclic) bond motifs is 1. The average Bonchev–Trinajstić information content (AvgIpc) is 3.16. The lowest BCUT2D eigenvalue weighted by molar-refractivity contribution is 0.599. The van der Waals surface area contributed by atoms with Crippen LogP contribution in [0.3, 0.4) is 0 Å². The van der Waals surface area contributed by atoms with Crippen LogP contribution in [0.5, 0.6) is 0 Å². The minimum absolute atomic E-state index is 0.203. The highest BCUT2D eigenvalue weighted by Crippen LogP contribution is 2.35. The van der Waals surface area contributed by atoms with Gasteiger partial charge in [0.25, 0.3) is 0 Å². The molecule has 3 heterocycles. The van der Waals surface area contributed by atoms with Gasteiger partial charge in [0.1, 0.15) is 0 Å². The van der Waals surface area contributed by atoms with Crippen LogP contribution < -0.4 is 4.31 Å². The van der Waals surface area contributed by atoms with Gasteiger partial charge in [-0.2, -0.15) is 0 Å². The molecule has 3 aromatic rings. The number of nitrogens with zero attached hydrogens (tertiary/aromatic N) is 4. The van der Waals surface area contributed by atoms with Gasteiger partial charge in [0.2, 0.25) is 15.2 Å². The van der Waals surface area contributed by atoms with E-state index in [0.717, 1.165) is 16.8 Å². The third kappa shape index (κ3) is 2.46. The first kappa shape index (κ1) is 15.5. The lowest BCUT2D eigenvalue weighted by Gasteiger charge is -2.20. The third-order valence-corrected chi connectivity index (χ3v) is 6.52. The number of hydrogen-bond acceptors (Lipinski definition) is 5. The van der Waals surface area contributed by atoms with E-state index in [4.69, 9.17) is 0 Å². The van der Waals surface area contributed by atoms with Crippen molar-refractivity contribution in [1.82, 2.24) is 14.6 Å². The Hall–Kier alpha value is -2.06. The van der Waals surface area contributed by atoms with E-state index in [1.165, 1.54) is 16.1 Å². The fourth-order valence-corrected chi connectivity index (χ4v) is 4.90. The van der Waals surface area contributed by atoms with Crippen LogP contribution in [0.15, 0.2) is 47.8 Å². The molecular formula is C16H16N4O2S2. The van der Waals surface area contributed by atoms with Gasteiger partial charge in [-0.1, -0.05) is 30.0 Å². The number of benzene rings is 1. The Labute approximate surface area is 144 Å². The van der Waals surface area contributed by atoms with Crippen LogP contribution in [0, 0.1) is 0 Å². The molecule has 0 atom stereocenters. The van der Waals surface area contributed by atoms with Crippen LogP contribution in [0.25, 0.3) is 16.8 Å². The maximum Gasteiger partial charge on any atom is 0.235 e. The smallest absolute Gasteiger partial charge is 0.235 e. The second-order valence-electron chi connectivity index (χ2n) is 5.56. The molecule has 0 amide bonds. The van der Waals surface area contributed by atoms with E-state index in [2.05, 4.69) is 10.1 Å². The predicted molar refractivity (Wildman–Crippen MR) is 96.0 cm³/mol. The quantitative estimate of drug-likeness (QED) is 0.672. The summed E-state index contributed by atoms with van der Waals surface area (Å²) >= 11 is 1.47. The zero-order valence-corrected chi connectivity index (χ0v) is 14.7. The van der Waals surface area contributed by atoms with E-state index in [1.54, 1.807) is 6.20 Å². The van der Waals surface area contributed by atoms with Gasteiger partial charge < -0.3 is 0 Å². The van der Waals surface area contributed by atoms with Crippen molar-refractivity contribution in [3.8, 4) is 11.3 Å². The van der Waals surface area contributed by atoms with Crippen molar-refractivity contribution in [3.05, 3.63) is 42.6 Å². The largest absolute Gasteiger partial charge is 0.270 e. The average molecular weight is 360 g/mol. The lowest BCUT2D eigenvalue weighted by Crippen LogP contribution is -2.25. The zero-order chi connectivity index (χ0) is 16.7. The van der Waals surface area contributed by atoms with E-state index in [-0.39, 0.29) is 5.75 Å². The van der Waals surface area contributed by atoms with E-state index >= 15 is 0 Å². The summed E-state index contributed by atoms with van der Waals surface area (Å²) in [5.41, 5.74) is 3.30. The van der Waals surface area contributed by atoms with Crippen molar-refractivity contribution in [2.75, 3.05) is 22.9 Å². The second-order valence-corrected chi connectivity index (χ2v) is 8.35. The number of sulfonamides is 1. The van der Waals surface area contributed by atoms with Crippen LogP contribution in [-0.4, -0.2) is 41.6 Å². The number of thioether (sulfide) groups is 1. The van der Waals surface area contributed by atoms with Crippen molar-refractivity contribution in [1.29, 1.82) is 0 Å². The third-order valence-electron chi connectivity index (χ3n) is 4.11. The van der Waals surface area contributed by atoms with Crippen molar-refractivity contribution in [3.63, 3.8) is 0 Å². The van der Waals surface area contributed by atoms with Crippen molar-refractivity contribution in [2.24, 2.45) is 0 Å². The van der Waals surface area contributed by atoms with Crippen LogP contribution in [0.2, 0.25) is 0 Å². The van der Waals surface area contributed by atoms with Gasteiger partial charge >= 0.3 is 0 Å². The molecule has 0 aliphatic carbocycles. The van der Waals surface area contributed by atoms with E-state index in [1.807, 2.05) is 47.2 Å². The van der Waals surface area contributed by atoms with Gasteiger partial charge in [-0.05, 0) is 30.9 Å². The Morgan fingerprint density at radius 2 is 2.00 bits per heavy atom. The molecule has 4 rings (SSSR count). The van der Waals surface area contributed by atoms with Gasteiger partial charge in [-0.25, -0.2) is 17.9 Å². The van der Waals surface area contributed by atoms with E-state index < -0.39 is 10.0 Å². The minimum Gasteiger partial charge on any atom is -0.270 e. The number of para-hydroxylation sites is 1. The highest BCUT2D eigenvalue weighted by molar-refractivity contribution is 7.98. The van der Waals surface area contributed by atoms with Crippen LogP contribution in [-0.2, 0) is 10.0 Å². The molecule has 8 heteroatoms. The number of anilines is 1. The molecule has 0 spiro atoms. The van der Waals surface area contributed by atoms with Crippen LogP contribution in [0.1, 0.15) is 6.42 Å². The summed E-state index contributed by atoms with van der Waals surface area (Å²) in [5, 5.41) is 5.21. The highest BCUT2D eigenvalue weighted by Gasteiger charge is 2.30. The normalized spacial score (nSPS) is 16.8. The van der Waals surface area contributed by atoms with Gasteiger partial charge in [0.15, 0.2) is 0 Å². The fourth-order valence-electron chi connectivity index (χ4n) is 3.00. The molecule has 24 heavy (non-hydrogen) atoms. The monoisotopic (exact) mass is 360 g/mol. The van der Waals surface area contributed by atoms with Crippen molar-refractivity contribution >= 4 is 33.0 Å². The Morgan fingerprint density at radius 1 is 1.17 bits per heavy atom. The number of hydrogen-bond donors (Lipinski definition) is 0. The molecule has 6 nitrogen and oxygen atoms in total. The van der Waals surface area contributed by atoms with Gasteiger partial charge in [0, 0.05) is 12.1 Å². The molecule has 0 unspecified atom stereocenters. The molecular weight excluding hydrogens is 344 g/mol. The minimum atomic E-state index is -3.23. The molecule has 0 radical (unpaired) electrons. The van der Waals surface area contributed by atoms with Crippen molar-refractivity contribution in [2.45, 2.75) is 11.6 Å². The lowest BCUT2D eigenvalue weighted by atomic mass is 10.1. The highest BCUT2D eigenvalue weighted by atomic mass is 32.2. The molecule has 0 saturated carbocycles. The maximum atomic E-state index is 12.3. The first-order valence-corrected chi connectivity index (χ1v) is 10.4. The molecule has 1 aliphatic rings. The summed E-state index contributed by atoms with van der Waals surface area (Å²) in [6.45, 7) is 0.522. The first-order chi connectivity index (χ1) is 11.6. The topological polar surface area (TPSA) is 67.6 Å². The van der Waals surface area contributed by atoms with Crippen LogP contribution >= 0.6 is 11.8 Å². The molecule has 1 aromatic carbocycles.